The van der Waals surface area contributed by atoms with Crippen LogP contribution in [0.5, 0.6) is 0 Å². The minimum Gasteiger partial charge on any atom is -0.478 e. The van der Waals surface area contributed by atoms with Gasteiger partial charge in [-0.15, -0.1) is 0 Å². The van der Waals surface area contributed by atoms with E-state index in [0.29, 0.717) is 0 Å². The third-order valence-corrected chi connectivity index (χ3v) is 2.82. The predicted octanol–water partition coefficient (Wildman–Crippen LogP) is 0.986. The van der Waals surface area contributed by atoms with Gasteiger partial charge in [0.15, 0.2) is 0 Å². The highest BCUT2D eigenvalue weighted by atomic mass is 16.6. The highest BCUT2D eigenvalue weighted by Gasteiger charge is 2.20. The van der Waals surface area contributed by atoms with Crippen molar-refractivity contribution in [1.29, 1.82) is 0 Å². The average Bonchev–Trinajstić information content (AvgIpc) is 2.59. The van der Waals surface area contributed by atoms with Crippen molar-refractivity contribution in [2.24, 2.45) is 0 Å². The molecule has 0 saturated carbocycles. The molecule has 25 heavy (non-hydrogen) atoms. The van der Waals surface area contributed by atoms with Crippen molar-refractivity contribution in [2.45, 2.75) is 0 Å². The van der Waals surface area contributed by atoms with E-state index in [-0.39, 0.29) is 37.6 Å². The lowest BCUT2D eigenvalue weighted by atomic mass is 10.0. The molecule has 0 bridgehead atoms. The summed E-state index contributed by atoms with van der Waals surface area (Å²) in [7, 11) is 0. The normalized spacial score (nSPS) is 9.92. The first-order chi connectivity index (χ1) is 11.9. The van der Waals surface area contributed by atoms with E-state index in [1.807, 2.05) is 0 Å². The maximum Gasteiger partial charge on any atom is 0.339 e. The summed E-state index contributed by atoms with van der Waals surface area (Å²) in [5.74, 6) is -4.26. The highest BCUT2D eigenvalue weighted by Crippen LogP contribution is 2.14. The second-order valence-corrected chi connectivity index (χ2v) is 4.49. The van der Waals surface area contributed by atoms with Crippen LogP contribution in [0.1, 0.15) is 31.1 Å². The number of hydrogen-bond acceptors (Lipinski definition) is 7. The predicted molar refractivity (Wildman–Crippen MR) is 82.6 cm³/mol. The third kappa shape index (κ3) is 6.43. The van der Waals surface area contributed by atoms with Gasteiger partial charge in [-0.2, -0.15) is 0 Å². The van der Waals surface area contributed by atoms with E-state index >= 15 is 0 Å². The number of carboxylic acid groups (broad SMARTS) is 2. The van der Waals surface area contributed by atoms with Gasteiger partial charge >= 0.3 is 23.9 Å². The zero-order valence-electron chi connectivity index (χ0n) is 13.1. The Hall–Kier alpha value is -3.20. The lowest BCUT2D eigenvalue weighted by molar-refractivity contribution is -0.139. The van der Waals surface area contributed by atoms with Gasteiger partial charge in [-0.05, 0) is 18.2 Å². The molecule has 0 heterocycles. The molecule has 0 saturated heterocycles. The molecule has 0 unspecified atom stereocenters. The Morgan fingerprint density at radius 2 is 1.56 bits per heavy atom. The summed E-state index contributed by atoms with van der Waals surface area (Å²) in [5, 5.41) is 17.9. The van der Waals surface area contributed by atoms with Gasteiger partial charge in [-0.25, -0.2) is 19.2 Å². The Balaban J connectivity index is 2.49. The topological polar surface area (TPSA) is 136 Å². The highest BCUT2D eigenvalue weighted by molar-refractivity contribution is 6.04. The standard InChI is InChI=1S/C16H16O9/c1-2-13(17)24-7-5-23-6-8-25-16(22)11-4-3-10(14(18)19)9-12(11)15(20)21/h2-4,9H,1,5-8H2,(H,18,19)(H,20,21). The van der Waals surface area contributed by atoms with E-state index in [2.05, 4.69) is 11.3 Å². The lowest BCUT2D eigenvalue weighted by Crippen LogP contribution is -2.16. The SMILES string of the molecule is C=CC(=O)OCCOCCOC(=O)c1ccc(C(=O)O)cc1C(=O)O. The average molecular weight is 352 g/mol. The van der Waals surface area contributed by atoms with Crippen molar-refractivity contribution in [3.8, 4) is 0 Å². The van der Waals surface area contributed by atoms with Crippen LogP contribution in [0.2, 0.25) is 0 Å². The van der Waals surface area contributed by atoms with E-state index in [4.69, 9.17) is 19.7 Å². The molecule has 2 N–H and O–H groups in total. The van der Waals surface area contributed by atoms with Gasteiger partial charge in [0.05, 0.1) is 29.9 Å². The van der Waals surface area contributed by atoms with Crippen LogP contribution in [-0.2, 0) is 19.0 Å². The van der Waals surface area contributed by atoms with Crippen LogP contribution < -0.4 is 0 Å². The Kier molecular flexibility index (Phi) is 7.80. The maximum absolute atomic E-state index is 11.9. The van der Waals surface area contributed by atoms with E-state index in [1.54, 1.807) is 0 Å². The van der Waals surface area contributed by atoms with Gasteiger partial charge in [-0.3, -0.25) is 0 Å². The number of rotatable bonds is 10. The summed E-state index contributed by atoms with van der Waals surface area (Å²) in [6.45, 7) is 3.17. The van der Waals surface area contributed by atoms with Crippen LogP contribution >= 0.6 is 0 Å². The van der Waals surface area contributed by atoms with Gasteiger partial charge in [0.1, 0.15) is 13.2 Å². The monoisotopic (exact) mass is 352 g/mol. The number of esters is 2. The zero-order chi connectivity index (χ0) is 18.8. The van der Waals surface area contributed by atoms with Gasteiger partial charge in [0.2, 0.25) is 0 Å². The molecule has 1 rings (SSSR count). The summed E-state index contributed by atoms with van der Waals surface area (Å²) in [4.78, 5) is 44.7. The summed E-state index contributed by atoms with van der Waals surface area (Å²) < 4.78 is 14.6. The van der Waals surface area contributed by atoms with Crippen molar-refractivity contribution in [3.05, 3.63) is 47.5 Å². The van der Waals surface area contributed by atoms with E-state index in [0.717, 1.165) is 24.3 Å². The van der Waals surface area contributed by atoms with E-state index in [9.17, 15) is 19.2 Å². The Morgan fingerprint density at radius 3 is 2.12 bits per heavy atom. The number of ether oxygens (including phenoxy) is 3. The fourth-order valence-electron chi connectivity index (χ4n) is 1.67. The number of carbonyl (C=O) groups is 4. The molecular formula is C16H16O9. The molecule has 0 amide bonds. The molecule has 0 atom stereocenters. The first kappa shape index (κ1) is 19.8. The number of benzene rings is 1. The first-order valence-electron chi connectivity index (χ1n) is 7.01. The van der Waals surface area contributed by atoms with Gasteiger partial charge in [-0.1, -0.05) is 6.58 Å². The minimum absolute atomic E-state index is 0.00694. The number of hydrogen-bond donors (Lipinski definition) is 2. The molecule has 0 fully saturated rings. The molecule has 0 radical (unpaired) electrons. The minimum atomic E-state index is -1.45. The van der Waals surface area contributed by atoms with Crippen molar-refractivity contribution < 1.29 is 43.6 Å². The summed E-state index contributed by atoms with van der Waals surface area (Å²) >= 11 is 0. The third-order valence-electron chi connectivity index (χ3n) is 2.82. The smallest absolute Gasteiger partial charge is 0.339 e. The second kappa shape index (κ2) is 9.83. The van der Waals surface area contributed by atoms with Crippen molar-refractivity contribution in [2.75, 3.05) is 26.4 Å². The van der Waals surface area contributed by atoms with Crippen LogP contribution in [0.3, 0.4) is 0 Å². The molecule has 0 spiro atoms. The molecule has 134 valence electrons. The van der Waals surface area contributed by atoms with Crippen LogP contribution in [0, 0.1) is 0 Å². The van der Waals surface area contributed by atoms with Gasteiger partial charge in [0, 0.05) is 6.08 Å². The first-order valence-corrected chi connectivity index (χ1v) is 7.01. The Morgan fingerprint density at radius 1 is 0.920 bits per heavy atom. The lowest BCUT2D eigenvalue weighted by Gasteiger charge is -2.09. The number of carbonyl (C=O) groups excluding carboxylic acids is 2. The molecule has 0 aliphatic rings. The van der Waals surface area contributed by atoms with Crippen LogP contribution in [0.25, 0.3) is 0 Å². The molecule has 0 aliphatic carbocycles. The van der Waals surface area contributed by atoms with Crippen LogP contribution in [0.15, 0.2) is 30.9 Å². The number of carboxylic acids is 2. The quantitative estimate of drug-likeness (QED) is 0.359. The molecule has 9 nitrogen and oxygen atoms in total. The van der Waals surface area contributed by atoms with Crippen molar-refractivity contribution in [1.82, 2.24) is 0 Å². The van der Waals surface area contributed by atoms with E-state index < -0.39 is 29.4 Å². The Labute approximate surface area is 142 Å². The molecule has 9 heteroatoms. The van der Waals surface area contributed by atoms with Gasteiger partial charge < -0.3 is 24.4 Å². The Bertz CT molecular complexity index is 678. The van der Waals surface area contributed by atoms with Gasteiger partial charge in [0.25, 0.3) is 0 Å². The van der Waals surface area contributed by atoms with E-state index in [1.165, 1.54) is 0 Å². The van der Waals surface area contributed by atoms with Crippen molar-refractivity contribution in [3.63, 3.8) is 0 Å². The van der Waals surface area contributed by atoms with Crippen LogP contribution in [0.4, 0.5) is 0 Å². The second-order valence-electron chi connectivity index (χ2n) is 4.49. The van der Waals surface area contributed by atoms with Crippen LogP contribution in [-0.4, -0.2) is 60.5 Å². The fraction of sp³-hybridized carbons (Fsp3) is 0.250. The van der Waals surface area contributed by atoms with Crippen molar-refractivity contribution >= 4 is 23.9 Å². The number of aromatic carboxylic acids is 2. The summed E-state index contributed by atoms with van der Waals surface area (Å²) in [6.07, 6.45) is 1.01. The zero-order valence-corrected chi connectivity index (χ0v) is 13.1. The molecule has 0 aliphatic heterocycles. The summed E-state index contributed by atoms with van der Waals surface area (Å²) in [5.41, 5.74) is -0.995. The largest absolute Gasteiger partial charge is 0.478 e. The maximum atomic E-state index is 11.9. The summed E-state index contributed by atoms with van der Waals surface area (Å²) in [6, 6.07) is 3.06. The fourth-order valence-corrected chi connectivity index (χ4v) is 1.67. The molecular weight excluding hydrogens is 336 g/mol. The molecule has 1 aromatic carbocycles. The molecule has 0 aromatic heterocycles. The molecule has 1 aromatic rings.